The van der Waals surface area contributed by atoms with Gasteiger partial charge in [0.2, 0.25) is 5.91 Å². The molecule has 1 heterocycles. The van der Waals surface area contributed by atoms with Crippen LogP contribution < -0.4 is 10.1 Å². The standard InChI is InChI=1S/C22H16F3N3O2/c23-22(24,25)20-9-6-17(14-27-20)16-4-7-19(8-5-16)30-11-10-21(29)28-18-3-1-2-15(12-18)13-26/h1-9,12,14H,10-11H2,(H,28,29). The molecule has 30 heavy (non-hydrogen) atoms. The Morgan fingerprint density at radius 3 is 2.43 bits per heavy atom. The highest BCUT2D eigenvalue weighted by atomic mass is 19.4. The van der Waals surface area contributed by atoms with Crippen LogP contribution in [0.3, 0.4) is 0 Å². The van der Waals surface area contributed by atoms with Crippen molar-refractivity contribution in [1.29, 1.82) is 5.26 Å². The topological polar surface area (TPSA) is 75.0 Å². The third-order valence-electron chi connectivity index (χ3n) is 4.11. The summed E-state index contributed by atoms with van der Waals surface area (Å²) in [6.45, 7) is 0.144. The van der Waals surface area contributed by atoms with E-state index >= 15 is 0 Å². The summed E-state index contributed by atoms with van der Waals surface area (Å²) in [5.74, 6) is 0.274. The van der Waals surface area contributed by atoms with E-state index in [2.05, 4.69) is 10.3 Å². The first-order valence-corrected chi connectivity index (χ1v) is 8.91. The number of hydrogen-bond acceptors (Lipinski definition) is 4. The second kappa shape index (κ2) is 9.09. The number of ether oxygens (including phenoxy) is 1. The van der Waals surface area contributed by atoms with Crippen LogP contribution in [0.2, 0.25) is 0 Å². The molecule has 0 aliphatic carbocycles. The van der Waals surface area contributed by atoms with Crippen molar-refractivity contribution in [1.82, 2.24) is 4.98 Å². The number of rotatable bonds is 6. The van der Waals surface area contributed by atoms with Gasteiger partial charge in [-0.25, -0.2) is 0 Å². The van der Waals surface area contributed by atoms with Crippen molar-refractivity contribution in [3.63, 3.8) is 0 Å². The molecule has 1 amide bonds. The monoisotopic (exact) mass is 411 g/mol. The lowest BCUT2D eigenvalue weighted by molar-refractivity contribution is -0.141. The third kappa shape index (κ3) is 5.58. The Bertz CT molecular complexity index is 1060. The molecule has 1 N–H and O–H groups in total. The zero-order valence-electron chi connectivity index (χ0n) is 15.6. The molecule has 0 spiro atoms. The molecule has 1 aromatic heterocycles. The van der Waals surface area contributed by atoms with Gasteiger partial charge in [0.15, 0.2) is 0 Å². The second-order valence-electron chi connectivity index (χ2n) is 6.29. The zero-order valence-corrected chi connectivity index (χ0v) is 15.6. The summed E-state index contributed by atoms with van der Waals surface area (Å²) in [7, 11) is 0. The molecule has 0 saturated heterocycles. The van der Waals surface area contributed by atoms with Crippen molar-refractivity contribution in [3.05, 3.63) is 78.1 Å². The third-order valence-corrected chi connectivity index (χ3v) is 4.11. The summed E-state index contributed by atoms with van der Waals surface area (Å²) < 4.78 is 43.3. The van der Waals surface area contributed by atoms with Crippen molar-refractivity contribution in [2.24, 2.45) is 0 Å². The molecular weight excluding hydrogens is 395 g/mol. The van der Waals surface area contributed by atoms with E-state index in [0.29, 0.717) is 28.1 Å². The van der Waals surface area contributed by atoms with Crippen LogP contribution in [0.15, 0.2) is 66.9 Å². The number of nitrogens with zero attached hydrogens (tertiary/aromatic N) is 2. The summed E-state index contributed by atoms with van der Waals surface area (Å²) in [6.07, 6.45) is -3.19. The van der Waals surface area contributed by atoms with E-state index in [1.807, 2.05) is 6.07 Å². The van der Waals surface area contributed by atoms with Crippen LogP contribution in [0, 0.1) is 11.3 Å². The number of alkyl halides is 3. The fourth-order valence-corrected chi connectivity index (χ4v) is 2.63. The first-order valence-electron chi connectivity index (χ1n) is 8.91. The number of pyridine rings is 1. The molecule has 152 valence electrons. The molecule has 0 fully saturated rings. The highest BCUT2D eigenvalue weighted by Crippen LogP contribution is 2.29. The molecule has 0 bridgehead atoms. The molecular formula is C22H16F3N3O2. The highest BCUT2D eigenvalue weighted by Gasteiger charge is 2.32. The quantitative estimate of drug-likeness (QED) is 0.616. The molecule has 3 aromatic rings. The van der Waals surface area contributed by atoms with Gasteiger partial charge in [-0.1, -0.05) is 24.3 Å². The van der Waals surface area contributed by atoms with Crippen LogP contribution in [-0.4, -0.2) is 17.5 Å². The van der Waals surface area contributed by atoms with E-state index in [1.54, 1.807) is 48.5 Å². The van der Waals surface area contributed by atoms with Crippen LogP contribution >= 0.6 is 0 Å². The van der Waals surface area contributed by atoms with E-state index in [1.165, 1.54) is 12.3 Å². The Morgan fingerprint density at radius 1 is 1.07 bits per heavy atom. The summed E-state index contributed by atoms with van der Waals surface area (Å²) >= 11 is 0. The normalized spacial score (nSPS) is 10.9. The van der Waals surface area contributed by atoms with Crippen molar-refractivity contribution >= 4 is 11.6 Å². The number of hydrogen-bond donors (Lipinski definition) is 1. The van der Waals surface area contributed by atoms with E-state index in [0.717, 1.165) is 6.07 Å². The Morgan fingerprint density at radius 2 is 1.80 bits per heavy atom. The molecule has 0 saturated carbocycles. The van der Waals surface area contributed by atoms with Gasteiger partial charge < -0.3 is 10.1 Å². The smallest absolute Gasteiger partial charge is 0.433 e. The van der Waals surface area contributed by atoms with E-state index in [-0.39, 0.29) is 18.9 Å². The van der Waals surface area contributed by atoms with Crippen LogP contribution in [-0.2, 0) is 11.0 Å². The van der Waals surface area contributed by atoms with Gasteiger partial charge >= 0.3 is 6.18 Å². The molecule has 8 heteroatoms. The Labute approximate surface area is 170 Å². The number of halogens is 3. The minimum atomic E-state index is -4.47. The Balaban J connectivity index is 1.51. The lowest BCUT2D eigenvalue weighted by atomic mass is 10.1. The minimum Gasteiger partial charge on any atom is -0.493 e. The second-order valence-corrected chi connectivity index (χ2v) is 6.29. The van der Waals surface area contributed by atoms with Gasteiger partial charge in [-0.3, -0.25) is 9.78 Å². The van der Waals surface area contributed by atoms with Gasteiger partial charge in [0.05, 0.1) is 24.7 Å². The zero-order chi connectivity index (χ0) is 21.6. The Hall–Kier alpha value is -3.86. The predicted octanol–water partition coefficient (Wildman–Crippen LogP) is 5.05. The van der Waals surface area contributed by atoms with Gasteiger partial charge in [0.25, 0.3) is 0 Å². The molecule has 0 atom stereocenters. The number of carbonyl (C=O) groups is 1. The predicted molar refractivity (Wildman–Crippen MR) is 105 cm³/mol. The number of nitrogens with one attached hydrogen (secondary N) is 1. The first kappa shape index (κ1) is 20.9. The maximum absolute atomic E-state index is 12.6. The highest BCUT2D eigenvalue weighted by molar-refractivity contribution is 5.90. The number of aromatic nitrogens is 1. The van der Waals surface area contributed by atoms with Gasteiger partial charge in [-0.2, -0.15) is 18.4 Å². The van der Waals surface area contributed by atoms with E-state index in [4.69, 9.17) is 10.00 Å². The van der Waals surface area contributed by atoms with Crippen LogP contribution in [0.1, 0.15) is 17.7 Å². The van der Waals surface area contributed by atoms with Gasteiger partial charge in [-0.15, -0.1) is 0 Å². The van der Waals surface area contributed by atoms with E-state index < -0.39 is 11.9 Å². The maximum atomic E-state index is 12.6. The minimum absolute atomic E-state index is 0.112. The fourth-order valence-electron chi connectivity index (χ4n) is 2.63. The molecule has 0 unspecified atom stereocenters. The summed E-state index contributed by atoms with van der Waals surface area (Å²) in [5.41, 5.74) is 1.29. The van der Waals surface area contributed by atoms with Crippen molar-refractivity contribution in [2.75, 3.05) is 11.9 Å². The van der Waals surface area contributed by atoms with E-state index in [9.17, 15) is 18.0 Å². The number of anilines is 1. The average molecular weight is 411 g/mol. The maximum Gasteiger partial charge on any atom is 0.433 e. The molecule has 0 aliphatic rings. The van der Waals surface area contributed by atoms with Gasteiger partial charge in [0.1, 0.15) is 11.4 Å². The summed E-state index contributed by atoms with van der Waals surface area (Å²) in [5, 5.41) is 11.6. The lowest BCUT2D eigenvalue weighted by Crippen LogP contribution is -2.15. The van der Waals surface area contributed by atoms with Gasteiger partial charge in [-0.05, 0) is 42.0 Å². The SMILES string of the molecule is N#Cc1cccc(NC(=O)CCOc2ccc(-c3ccc(C(F)(F)F)nc3)cc2)c1. The average Bonchev–Trinajstić information content (AvgIpc) is 2.74. The van der Waals surface area contributed by atoms with Crippen molar-refractivity contribution in [2.45, 2.75) is 12.6 Å². The van der Waals surface area contributed by atoms with Crippen LogP contribution in [0.25, 0.3) is 11.1 Å². The number of benzene rings is 2. The molecule has 0 aliphatic heterocycles. The Kier molecular flexibility index (Phi) is 6.32. The molecule has 2 aromatic carbocycles. The number of amides is 1. The van der Waals surface area contributed by atoms with Gasteiger partial charge in [0, 0.05) is 17.4 Å². The largest absolute Gasteiger partial charge is 0.493 e. The summed E-state index contributed by atoms with van der Waals surface area (Å²) in [4.78, 5) is 15.4. The molecule has 5 nitrogen and oxygen atoms in total. The number of carbonyl (C=O) groups excluding carboxylic acids is 1. The summed E-state index contributed by atoms with van der Waals surface area (Å²) in [6, 6.07) is 17.6. The number of nitriles is 1. The lowest BCUT2D eigenvalue weighted by Gasteiger charge is -2.09. The van der Waals surface area contributed by atoms with Crippen molar-refractivity contribution in [3.8, 4) is 22.9 Å². The van der Waals surface area contributed by atoms with Crippen LogP contribution in [0.5, 0.6) is 5.75 Å². The fraction of sp³-hybridized carbons (Fsp3) is 0.136. The molecule has 3 rings (SSSR count). The van der Waals surface area contributed by atoms with Crippen LogP contribution in [0.4, 0.5) is 18.9 Å². The molecule has 0 radical (unpaired) electrons. The first-order chi connectivity index (χ1) is 14.3. The van der Waals surface area contributed by atoms with Crippen molar-refractivity contribution < 1.29 is 22.7 Å².